The van der Waals surface area contributed by atoms with Crippen LogP contribution in [0.25, 0.3) is 0 Å². The number of carbonyl (C=O) groups is 2. The van der Waals surface area contributed by atoms with Gasteiger partial charge in [0.25, 0.3) is 11.8 Å². The molecule has 0 spiro atoms. The normalized spacial score (nSPS) is 10.5. The molecule has 2 aromatic rings. The second-order valence-electron chi connectivity index (χ2n) is 5.59. The molecule has 0 saturated heterocycles. The molecule has 0 atom stereocenters. The van der Waals surface area contributed by atoms with Crippen molar-refractivity contribution in [3.8, 4) is 0 Å². The molecule has 6 nitrogen and oxygen atoms in total. The highest BCUT2D eigenvalue weighted by molar-refractivity contribution is 9.10. The third kappa shape index (κ3) is 5.16. The lowest BCUT2D eigenvalue weighted by molar-refractivity contribution is 0.0727. The molecule has 134 valence electrons. The van der Waals surface area contributed by atoms with E-state index in [1.165, 1.54) is 6.26 Å². The number of hydrogen-bond donors (Lipinski definition) is 1. The Kier molecular flexibility index (Phi) is 7.18. The van der Waals surface area contributed by atoms with Crippen LogP contribution in [0.1, 0.15) is 53.4 Å². The van der Waals surface area contributed by atoms with E-state index in [4.69, 9.17) is 4.42 Å². The van der Waals surface area contributed by atoms with Crippen molar-refractivity contribution in [1.29, 1.82) is 0 Å². The average Bonchev–Trinajstić information content (AvgIpc) is 3.08. The highest BCUT2D eigenvalue weighted by Gasteiger charge is 2.20. The summed E-state index contributed by atoms with van der Waals surface area (Å²) in [5, 5.41) is 2.75. The topological polar surface area (TPSA) is 75.4 Å². The molecule has 0 saturated carbocycles. The zero-order chi connectivity index (χ0) is 18.2. The number of benzene rings is 1. The smallest absolute Gasteiger partial charge is 0.273 e. The molecule has 0 aliphatic heterocycles. The minimum absolute atomic E-state index is 0.107. The molecule has 25 heavy (non-hydrogen) atoms. The fourth-order valence-corrected chi connectivity index (χ4v) is 2.76. The van der Waals surface area contributed by atoms with Crippen LogP contribution in [0, 0.1) is 0 Å². The Hall–Kier alpha value is -2.15. The summed E-state index contributed by atoms with van der Waals surface area (Å²) in [5.74, 6) is -0.0315. The van der Waals surface area contributed by atoms with Crippen LogP contribution in [0.4, 0.5) is 0 Å². The summed E-state index contributed by atoms with van der Waals surface area (Å²) in [6.45, 7) is 5.35. The summed E-state index contributed by atoms with van der Waals surface area (Å²) in [6.07, 6.45) is 2.98. The Bertz CT molecular complexity index is 730. The van der Waals surface area contributed by atoms with Gasteiger partial charge in [0.1, 0.15) is 6.26 Å². The average molecular weight is 408 g/mol. The van der Waals surface area contributed by atoms with Gasteiger partial charge in [-0.05, 0) is 40.9 Å². The van der Waals surface area contributed by atoms with Crippen molar-refractivity contribution >= 4 is 27.7 Å². The summed E-state index contributed by atoms with van der Waals surface area (Å²) in [4.78, 5) is 30.6. The number of nitrogens with zero attached hydrogens (tertiary/aromatic N) is 2. The van der Waals surface area contributed by atoms with Crippen molar-refractivity contribution in [3.63, 3.8) is 0 Å². The number of nitrogens with one attached hydrogen (secondary N) is 1. The number of hydrogen-bond acceptors (Lipinski definition) is 4. The van der Waals surface area contributed by atoms with Gasteiger partial charge in [0.15, 0.2) is 5.69 Å². The zero-order valence-electron chi connectivity index (χ0n) is 14.4. The lowest BCUT2D eigenvalue weighted by atomic mass is 10.2. The molecule has 1 aromatic heterocycles. The van der Waals surface area contributed by atoms with E-state index in [2.05, 4.69) is 26.2 Å². The van der Waals surface area contributed by atoms with E-state index in [0.29, 0.717) is 24.5 Å². The molecular weight excluding hydrogens is 386 g/mol. The summed E-state index contributed by atoms with van der Waals surface area (Å²) in [6, 6.07) is 7.29. The molecule has 1 heterocycles. The van der Waals surface area contributed by atoms with E-state index in [-0.39, 0.29) is 24.1 Å². The molecule has 0 aliphatic rings. The van der Waals surface area contributed by atoms with Crippen LogP contribution >= 0.6 is 15.9 Å². The van der Waals surface area contributed by atoms with Crippen LogP contribution in [-0.4, -0.2) is 34.8 Å². The Morgan fingerprint density at radius 1 is 1.24 bits per heavy atom. The molecule has 1 aromatic carbocycles. The number of aromatic nitrogens is 1. The molecule has 0 bridgehead atoms. The van der Waals surface area contributed by atoms with Gasteiger partial charge in [-0.3, -0.25) is 9.59 Å². The van der Waals surface area contributed by atoms with Crippen LogP contribution in [0.2, 0.25) is 0 Å². The standard InChI is InChI=1S/C18H22BrN3O3/c1-3-9-20-17(23)15-12-25-16(21-15)11-22(10-4-2)18(24)13-7-5-6-8-14(13)19/h5-8,12H,3-4,9-11H2,1-2H3,(H,20,23). The van der Waals surface area contributed by atoms with Gasteiger partial charge >= 0.3 is 0 Å². The predicted octanol–water partition coefficient (Wildman–Crippen LogP) is 3.63. The Morgan fingerprint density at radius 3 is 2.68 bits per heavy atom. The minimum atomic E-state index is -0.268. The van der Waals surface area contributed by atoms with Gasteiger partial charge in [-0.1, -0.05) is 26.0 Å². The molecular formula is C18H22BrN3O3. The molecule has 0 fully saturated rings. The number of rotatable bonds is 8. The molecule has 2 rings (SSSR count). The van der Waals surface area contributed by atoms with Gasteiger partial charge in [-0.25, -0.2) is 4.98 Å². The van der Waals surface area contributed by atoms with E-state index in [9.17, 15) is 9.59 Å². The molecule has 1 N–H and O–H groups in total. The predicted molar refractivity (Wildman–Crippen MR) is 98.3 cm³/mol. The SMILES string of the molecule is CCCNC(=O)c1coc(CN(CCC)C(=O)c2ccccc2Br)n1. The van der Waals surface area contributed by atoms with Crippen molar-refractivity contribution in [2.45, 2.75) is 33.2 Å². The van der Waals surface area contributed by atoms with Crippen molar-refractivity contribution in [2.24, 2.45) is 0 Å². The third-order valence-corrected chi connectivity index (χ3v) is 4.22. The summed E-state index contributed by atoms with van der Waals surface area (Å²) in [7, 11) is 0. The minimum Gasteiger partial charge on any atom is -0.446 e. The van der Waals surface area contributed by atoms with Crippen molar-refractivity contribution in [2.75, 3.05) is 13.1 Å². The van der Waals surface area contributed by atoms with E-state index < -0.39 is 0 Å². The third-order valence-electron chi connectivity index (χ3n) is 3.53. The molecule has 0 unspecified atom stereocenters. The van der Waals surface area contributed by atoms with E-state index in [1.54, 1.807) is 11.0 Å². The van der Waals surface area contributed by atoms with Crippen LogP contribution < -0.4 is 5.32 Å². The molecule has 2 amide bonds. The number of oxazole rings is 1. The second kappa shape index (κ2) is 9.36. The maximum absolute atomic E-state index is 12.8. The monoisotopic (exact) mass is 407 g/mol. The van der Waals surface area contributed by atoms with Gasteiger partial charge in [0.2, 0.25) is 5.89 Å². The van der Waals surface area contributed by atoms with Crippen molar-refractivity contribution < 1.29 is 14.0 Å². The van der Waals surface area contributed by atoms with Crippen LogP contribution in [0.15, 0.2) is 39.4 Å². The lowest BCUT2D eigenvalue weighted by Crippen LogP contribution is -2.31. The first-order valence-electron chi connectivity index (χ1n) is 8.33. The van der Waals surface area contributed by atoms with Gasteiger partial charge in [-0.2, -0.15) is 0 Å². The Morgan fingerprint density at radius 2 is 2.00 bits per heavy atom. The summed E-state index contributed by atoms with van der Waals surface area (Å²) in [5.41, 5.74) is 0.816. The molecule has 0 aliphatic carbocycles. The highest BCUT2D eigenvalue weighted by atomic mass is 79.9. The fraction of sp³-hybridized carbons (Fsp3) is 0.389. The molecule has 0 radical (unpaired) electrons. The molecule has 7 heteroatoms. The Labute approximate surface area is 155 Å². The van der Waals surface area contributed by atoms with Crippen LogP contribution in [0.5, 0.6) is 0 Å². The van der Waals surface area contributed by atoms with Crippen LogP contribution in [-0.2, 0) is 6.54 Å². The van der Waals surface area contributed by atoms with Gasteiger partial charge in [-0.15, -0.1) is 0 Å². The Balaban J connectivity index is 2.12. The maximum atomic E-state index is 12.8. The van der Waals surface area contributed by atoms with E-state index in [1.807, 2.05) is 32.0 Å². The first kappa shape index (κ1) is 19.2. The first-order chi connectivity index (χ1) is 12.1. The largest absolute Gasteiger partial charge is 0.446 e. The second-order valence-corrected chi connectivity index (χ2v) is 6.44. The quantitative estimate of drug-likeness (QED) is 0.724. The number of amides is 2. The first-order valence-corrected chi connectivity index (χ1v) is 9.12. The van der Waals surface area contributed by atoms with Gasteiger partial charge in [0, 0.05) is 17.6 Å². The zero-order valence-corrected chi connectivity index (χ0v) is 16.0. The van der Waals surface area contributed by atoms with E-state index in [0.717, 1.165) is 17.3 Å². The fourth-order valence-electron chi connectivity index (χ4n) is 2.31. The van der Waals surface area contributed by atoms with Crippen molar-refractivity contribution in [1.82, 2.24) is 15.2 Å². The highest BCUT2D eigenvalue weighted by Crippen LogP contribution is 2.19. The summed E-state index contributed by atoms with van der Waals surface area (Å²) >= 11 is 3.41. The number of halogens is 1. The van der Waals surface area contributed by atoms with Crippen molar-refractivity contribution in [3.05, 3.63) is 52.1 Å². The lowest BCUT2D eigenvalue weighted by Gasteiger charge is -2.21. The van der Waals surface area contributed by atoms with Crippen LogP contribution in [0.3, 0.4) is 0 Å². The number of carbonyl (C=O) groups excluding carboxylic acids is 2. The maximum Gasteiger partial charge on any atom is 0.273 e. The van der Waals surface area contributed by atoms with E-state index >= 15 is 0 Å². The van der Waals surface area contributed by atoms with Gasteiger partial charge in [0.05, 0.1) is 12.1 Å². The van der Waals surface area contributed by atoms with Gasteiger partial charge < -0.3 is 14.6 Å². The summed E-state index contributed by atoms with van der Waals surface area (Å²) < 4.78 is 6.12.